The van der Waals surface area contributed by atoms with Crippen LogP contribution in [0.4, 0.5) is 25.5 Å². The van der Waals surface area contributed by atoms with Crippen LogP contribution < -0.4 is 4.90 Å². The Morgan fingerprint density at radius 2 is 2.00 bits per heavy atom. The van der Waals surface area contributed by atoms with Gasteiger partial charge in [-0.05, 0) is 57.7 Å². The van der Waals surface area contributed by atoms with Crippen molar-refractivity contribution in [1.29, 1.82) is 5.26 Å². The van der Waals surface area contributed by atoms with Gasteiger partial charge in [-0.3, -0.25) is 0 Å². The molecule has 9 nitrogen and oxygen atoms in total. The molecule has 0 spiro atoms. The number of anilines is 2. The number of aromatic nitrogens is 2. The minimum atomic E-state index is -0.549. The van der Waals surface area contributed by atoms with Gasteiger partial charge in [-0.2, -0.15) is 5.26 Å². The number of ether oxygens (including phenoxy) is 1. The fourth-order valence-electron chi connectivity index (χ4n) is 4.23. The van der Waals surface area contributed by atoms with Gasteiger partial charge in [-0.1, -0.05) is 0 Å². The molecule has 10 heteroatoms. The Hall–Kier alpha value is -3.74. The number of fused-ring (bicyclic) bond motifs is 1. The largest absolute Gasteiger partial charge is 0.444 e. The Bertz CT molecular complexity index is 1130. The molecular formula is C24H27FN6O3. The highest BCUT2D eigenvalue weighted by molar-refractivity contribution is 6.00. The topological polar surface area (TPSA) is 103 Å². The second kappa shape index (κ2) is 9.25. The van der Waals surface area contributed by atoms with Crippen LogP contribution in [0.1, 0.15) is 44.9 Å². The zero-order valence-corrected chi connectivity index (χ0v) is 19.5. The molecule has 2 aliphatic rings. The summed E-state index contributed by atoms with van der Waals surface area (Å²) in [5, 5.41) is 9.22. The van der Waals surface area contributed by atoms with E-state index in [-0.39, 0.29) is 30.3 Å². The summed E-state index contributed by atoms with van der Waals surface area (Å²) < 4.78 is 19.4. The zero-order valence-electron chi connectivity index (χ0n) is 19.5. The van der Waals surface area contributed by atoms with Crippen molar-refractivity contribution in [1.82, 2.24) is 19.8 Å². The molecule has 2 aromatic heterocycles. The van der Waals surface area contributed by atoms with E-state index in [1.54, 1.807) is 15.9 Å². The number of amides is 3. The number of likely N-dealkylation sites (tertiary alicyclic amines) is 1. The van der Waals surface area contributed by atoms with Crippen molar-refractivity contribution >= 4 is 23.6 Å². The molecule has 0 bridgehead atoms. The first kappa shape index (κ1) is 23.4. The predicted octanol–water partition coefficient (Wildman–Crippen LogP) is 4.21. The van der Waals surface area contributed by atoms with E-state index < -0.39 is 11.4 Å². The third-order valence-electron chi connectivity index (χ3n) is 5.81. The number of hydrogen-bond acceptors (Lipinski definition) is 6. The Morgan fingerprint density at radius 1 is 1.26 bits per heavy atom. The van der Waals surface area contributed by atoms with E-state index in [0.717, 1.165) is 19.0 Å². The van der Waals surface area contributed by atoms with Crippen molar-refractivity contribution in [2.75, 3.05) is 24.5 Å². The number of carbonyl (C=O) groups is 2. The number of carbonyl (C=O) groups excluding carboxylic acids is 2. The molecule has 4 heterocycles. The average Bonchev–Trinajstić information content (AvgIpc) is 2.79. The molecule has 0 aromatic carbocycles. The molecule has 1 saturated heterocycles. The van der Waals surface area contributed by atoms with E-state index in [9.17, 15) is 19.2 Å². The van der Waals surface area contributed by atoms with Gasteiger partial charge in [-0.25, -0.2) is 28.8 Å². The van der Waals surface area contributed by atoms with Crippen LogP contribution in [0.3, 0.4) is 0 Å². The molecule has 0 atom stereocenters. The SMILES string of the molecule is CC(C)(C)OC(=O)N1CCC(CN2Cc3cc(F)cnc3N(c3ccnc(C#N)c3)C2=O)CC1. The smallest absolute Gasteiger partial charge is 0.410 e. The van der Waals surface area contributed by atoms with Crippen molar-refractivity contribution in [3.05, 3.63) is 47.7 Å². The summed E-state index contributed by atoms with van der Waals surface area (Å²) in [6.45, 7) is 7.30. The van der Waals surface area contributed by atoms with Gasteiger partial charge < -0.3 is 14.5 Å². The first-order chi connectivity index (χ1) is 16.1. The lowest BCUT2D eigenvalue weighted by Gasteiger charge is -2.39. The Balaban J connectivity index is 1.51. The van der Waals surface area contributed by atoms with Crippen molar-refractivity contribution in [3.8, 4) is 6.07 Å². The van der Waals surface area contributed by atoms with Crippen LogP contribution in [-0.4, -0.2) is 57.1 Å². The number of urea groups is 1. The summed E-state index contributed by atoms with van der Waals surface area (Å²) in [5.74, 6) is 0.0447. The summed E-state index contributed by atoms with van der Waals surface area (Å²) in [6, 6.07) is 6.19. The highest BCUT2D eigenvalue weighted by Crippen LogP contribution is 2.34. The third-order valence-corrected chi connectivity index (χ3v) is 5.81. The van der Waals surface area contributed by atoms with E-state index >= 15 is 0 Å². The van der Waals surface area contributed by atoms with E-state index in [2.05, 4.69) is 9.97 Å². The summed E-state index contributed by atoms with van der Waals surface area (Å²) in [4.78, 5) is 38.8. The first-order valence-electron chi connectivity index (χ1n) is 11.2. The van der Waals surface area contributed by atoms with Gasteiger partial charge in [0, 0.05) is 31.4 Å². The van der Waals surface area contributed by atoms with Gasteiger partial charge in [0.1, 0.15) is 29.0 Å². The molecule has 2 aliphatic heterocycles. The van der Waals surface area contributed by atoms with Crippen LogP contribution in [0.25, 0.3) is 0 Å². The number of piperidine rings is 1. The van der Waals surface area contributed by atoms with Crippen LogP contribution in [0.2, 0.25) is 0 Å². The zero-order chi connectivity index (χ0) is 24.5. The predicted molar refractivity (Wildman–Crippen MR) is 122 cm³/mol. The highest BCUT2D eigenvalue weighted by Gasteiger charge is 2.35. The summed E-state index contributed by atoms with van der Waals surface area (Å²) in [6.07, 6.45) is 3.66. The molecule has 0 saturated carbocycles. The van der Waals surface area contributed by atoms with Gasteiger partial charge in [0.25, 0.3) is 0 Å². The normalized spacial score (nSPS) is 16.8. The van der Waals surface area contributed by atoms with Gasteiger partial charge >= 0.3 is 12.1 Å². The van der Waals surface area contributed by atoms with Crippen LogP contribution in [0.5, 0.6) is 0 Å². The molecule has 34 heavy (non-hydrogen) atoms. The van der Waals surface area contributed by atoms with Crippen molar-refractivity contribution in [2.24, 2.45) is 5.92 Å². The Morgan fingerprint density at radius 3 is 2.68 bits per heavy atom. The summed E-state index contributed by atoms with van der Waals surface area (Å²) in [7, 11) is 0. The molecular weight excluding hydrogens is 439 g/mol. The molecule has 0 radical (unpaired) electrons. The Kier molecular flexibility index (Phi) is 6.37. The number of rotatable bonds is 3. The minimum absolute atomic E-state index is 0.167. The number of halogens is 1. The molecule has 0 N–H and O–H groups in total. The van der Waals surface area contributed by atoms with Crippen molar-refractivity contribution < 1.29 is 18.7 Å². The second-order valence-corrected chi connectivity index (χ2v) is 9.56. The molecule has 3 amide bonds. The summed E-state index contributed by atoms with van der Waals surface area (Å²) in [5.41, 5.74) is 0.648. The monoisotopic (exact) mass is 466 g/mol. The summed E-state index contributed by atoms with van der Waals surface area (Å²) >= 11 is 0. The van der Waals surface area contributed by atoms with Gasteiger partial charge in [0.05, 0.1) is 18.4 Å². The maximum atomic E-state index is 14.0. The minimum Gasteiger partial charge on any atom is -0.444 e. The molecule has 0 aliphatic carbocycles. The number of nitrogens with zero attached hydrogens (tertiary/aromatic N) is 6. The quantitative estimate of drug-likeness (QED) is 0.671. The molecule has 4 rings (SSSR count). The van der Waals surface area contributed by atoms with Crippen LogP contribution >= 0.6 is 0 Å². The number of pyridine rings is 2. The molecule has 0 unspecified atom stereocenters. The van der Waals surface area contributed by atoms with Crippen molar-refractivity contribution in [3.63, 3.8) is 0 Å². The number of hydrogen-bond donors (Lipinski definition) is 0. The van der Waals surface area contributed by atoms with Crippen LogP contribution in [-0.2, 0) is 11.3 Å². The third kappa shape index (κ3) is 5.09. The second-order valence-electron chi connectivity index (χ2n) is 9.56. The molecule has 1 fully saturated rings. The maximum absolute atomic E-state index is 14.0. The molecule has 2 aromatic rings. The van der Waals surface area contributed by atoms with Gasteiger partial charge in [-0.15, -0.1) is 0 Å². The fourth-order valence-corrected chi connectivity index (χ4v) is 4.23. The molecule has 178 valence electrons. The lowest BCUT2D eigenvalue weighted by atomic mass is 9.96. The standard InChI is InChI=1S/C24H27FN6O3/c1-24(2,3)34-23(33)29-8-5-16(6-9-29)14-30-15-17-10-18(25)13-28-21(17)31(22(30)32)20-4-7-27-19(11-20)12-26/h4,7,10-11,13,16H,5-6,8-9,14-15H2,1-3H3. The lowest BCUT2D eigenvalue weighted by molar-refractivity contribution is 0.0173. The highest BCUT2D eigenvalue weighted by atomic mass is 19.1. The lowest BCUT2D eigenvalue weighted by Crippen LogP contribution is -2.49. The number of nitriles is 1. The van der Waals surface area contributed by atoms with E-state index in [1.807, 2.05) is 26.8 Å². The van der Waals surface area contributed by atoms with E-state index in [0.29, 0.717) is 36.7 Å². The van der Waals surface area contributed by atoms with Crippen molar-refractivity contribution in [2.45, 2.75) is 45.8 Å². The van der Waals surface area contributed by atoms with Gasteiger partial charge in [0.15, 0.2) is 0 Å². The van der Waals surface area contributed by atoms with E-state index in [1.165, 1.54) is 23.2 Å². The fraction of sp³-hybridized carbons (Fsp3) is 0.458. The van der Waals surface area contributed by atoms with E-state index in [4.69, 9.17) is 4.74 Å². The Labute approximate surface area is 197 Å². The van der Waals surface area contributed by atoms with Gasteiger partial charge in [0.2, 0.25) is 0 Å². The maximum Gasteiger partial charge on any atom is 0.410 e. The average molecular weight is 467 g/mol. The first-order valence-corrected chi connectivity index (χ1v) is 11.2. The van der Waals surface area contributed by atoms with Crippen LogP contribution in [0.15, 0.2) is 30.6 Å². The van der Waals surface area contributed by atoms with Crippen LogP contribution in [0, 0.1) is 23.1 Å².